The summed E-state index contributed by atoms with van der Waals surface area (Å²) in [4.78, 5) is 15.2. The maximum Gasteiger partial charge on any atom is 0.509 e. The van der Waals surface area contributed by atoms with Crippen LogP contribution in [0.4, 0.5) is 4.79 Å². The number of piperidine rings is 1. The minimum atomic E-state index is -0.666. The number of benzene rings is 2. The number of likely N-dealkylation sites (N-methyl/N-ethyl adjacent to an activating group) is 1. The third kappa shape index (κ3) is 3.16. The highest BCUT2D eigenvalue weighted by molar-refractivity contribution is 5.64. The maximum atomic E-state index is 12.8. The first-order chi connectivity index (χ1) is 17.5. The summed E-state index contributed by atoms with van der Waals surface area (Å²) in [7, 11) is 2.18. The van der Waals surface area contributed by atoms with Gasteiger partial charge in [-0.05, 0) is 68.1 Å². The Morgan fingerprint density at radius 3 is 2.92 bits per heavy atom. The minimum Gasteiger partial charge on any atom is -0.504 e. The highest BCUT2D eigenvalue weighted by Gasteiger charge is 2.65. The molecule has 0 amide bonds. The lowest BCUT2D eigenvalue weighted by atomic mass is 9.53. The molecule has 2 aromatic carbocycles. The third-order valence-electron chi connectivity index (χ3n) is 9.15. The molecule has 1 fully saturated rings. The molecule has 2 bridgehead atoms. The van der Waals surface area contributed by atoms with Gasteiger partial charge in [-0.25, -0.2) is 4.79 Å². The van der Waals surface area contributed by atoms with E-state index in [1.807, 2.05) is 12.1 Å². The average Bonchev–Trinajstić information content (AvgIpc) is 3.24. The fraction of sp³-hybridized carbons (Fsp3) is 0.433. The summed E-state index contributed by atoms with van der Waals surface area (Å²) >= 11 is 0. The number of rotatable bonds is 4. The van der Waals surface area contributed by atoms with Crippen molar-refractivity contribution < 1.29 is 24.1 Å². The molecule has 1 N–H and O–H groups in total. The molecule has 7 rings (SSSR count). The van der Waals surface area contributed by atoms with Gasteiger partial charge in [0.2, 0.25) is 0 Å². The number of allylic oxidation sites excluding steroid dienone is 1. The zero-order chi connectivity index (χ0) is 24.4. The van der Waals surface area contributed by atoms with Crippen molar-refractivity contribution in [3.8, 4) is 11.5 Å². The molecule has 0 aromatic heterocycles. The summed E-state index contributed by atoms with van der Waals surface area (Å²) in [6.45, 7) is 1.24. The van der Waals surface area contributed by atoms with Gasteiger partial charge in [0.15, 0.2) is 17.6 Å². The second-order valence-corrected chi connectivity index (χ2v) is 10.9. The highest BCUT2D eigenvalue weighted by atomic mass is 16.7. The number of likely N-dealkylation sites (tertiary alicyclic amines) is 1. The Bertz CT molecular complexity index is 1300. The number of phenolic OH excluding ortho intramolecular Hbond substituents is 1. The van der Waals surface area contributed by atoms with E-state index in [1.165, 1.54) is 22.3 Å². The van der Waals surface area contributed by atoms with E-state index in [9.17, 15) is 9.90 Å². The largest absolute Gasteiger partial charge is 0.509 e. The summed E-state index contributed by atoms with van der Waals surface area (Å²) < 4.78 is 17.8. The summed E-state index contributed by atoms with van der Waals surface area (Å²) in [5.41, 5.74) is 6.07. The molecule has 2 aromatic rings. The van der Waals surface area contributed by atoms with Gasteiger partial charge in [-0.1, -0.05) is 48.1 Å². The van der Waals surface area contributed by atoms with Crippen molar-refractivity contribution in [2.45, 2.75) is 55.8 Å². The normalized spacial score (nSPS) is 31.1. The molecule has 5 atom stereocenters. The lowest BCUT2D eigenvalue weighted by Gasteiger charge is -2.56. The van der Waals surface area contributed by atoms with E-state index in [0.717, 1.165) is 37.8 Å². The number of aromatic hydroxyl groups is 1. The predicted octanol–water partition coefficient (Wildman–Crippen LogP) is 4.47. The fourth-order valence-corrected chi connectivity index (χ4v) is 7.42. The third-order valence-corrected chi connectivity index (χ3v) is 9.15. The number of phenols is 1. The Kier molecular flexibility index (Phi) is 4.97. The van der Waals surface area contributed by atoms with Crippen LogP contribution in [0.1, 0.15) is 35.1 Å². The van der Waals surface area contributed by atoms with E-state index < -0.39 is 12.3 Å². The first-order valence-corrected chi connectivity index (χ1v) is 13.0. The monoisotopic (exact) mass is 485 g/mol. The van der Waals surface area contributed by atoms with Crippen molar-refractivity contribution in [1.82, 2.24) is 4.90 Å². The molecule has 1 spiro atoms. The number of hydrogen-bond donors (Lipinski definition) is 1. The minimum absolute atomic E-state index is 0.164. The van der Waals surface area contributed by atoms with Gasteiger partial charge >= 0.3 is 6.16 Å². The Labute approximate surface area is 211 Å². The zero-order valence-corrected chi connectivity index (χ0v) is 20.5. The van der Waals surface area contributed by atoms with Crippen molar-refractivity contribution in [3.05, 3.63) is 82.5 Å². The Morgan fingerprint density at radius 2 is 2.03 bits per heavy atom. The van der Waals surface area contributed by atoms with Crippen molar-refractivity contribution in [3.63, 3.8) is 0 Å². The molecule has 5 unspecified atom stereocenters. The van der Waals surface area contributed by atoms with Crippen molar-refractivity contribution in [2.75, 3.05) is 20.2 Å². The summed E-state index contributed by atoms with van der Waals surface area (Å²) in [6, 6.07) is 12.6. The standard InChI is InChI=1S/C30H31NO5/c1-31-14-13-30-22-9-11-25(28(30)36-27-24(32)10-8-21(26(27)30)17-23(22)31)35-29(33)34-15-12-18-6-7-19-4-2-3-5-20(19)16-18/h2-6,8-11,22-23,25,28,32H,7,12-17H2,1H3. The van der Waals surface area contributed by atoms with Gasteiger partial charge in [0, 0.05) is 29.4 Å². The summed E-state index contributed by atoms with van der Waals surface area (Å²) in [5, 5.41) is 10.6. The lowest BCUT2D eigenvalue weighted by molar-refractivity contribution is -0.0631. The molecule has 3 aliphatic carbocycles. The quantitative estimate of drug-likeness (QED) is 0.509. The second kappa shape index (κ2) is 8.13. The topological polar surface area (TPSA) is 68.2 Å². The number of carbonyl (C=O) groups is 1. The zero-order valence-electron chi connectivity index (χ0n) is 20.5. The van der Waals surface area contributed by atoms with Crippen molar-refractivity contribution in [1.29, 1.82) is 0 Å². The number of nitrogens with zero attached hydrogens (tertiary/aromatic N) is 1. The number of ether oxygens (including phenoxy) is 3. The Balaban J connectivity index is 1.06. The van der Waals surface area contributed by atoms with Gasteiger partial charge in [0.1, 0.15) is 6.10 Å². The first-order valence-electron chi connectivity index (χ1n) is 13.0. The molecule has 0 saturated carbocycles. The lowest BCUT2D eigenvalue weighted by Crippen LogP contribution is -2.65. The molecule has 5 aliphatic rings. The molecule has 2 aliphatic heterocycles. The number of fused-ring (bicyclic) bond motifs is 1. The SMILES string of the molecule is CN1CCC23c4c5ccc(O)c4OC2C(OC(=O)OCCC2=CCc4ccccc4C2)C=CC3C1C5. The van der Waals surface area contributed by atoms with Gasteiger partial charge in [-0.2, -0.15) is 0 Å². The van der Waals surface area contributed by atoms with Crippen molar-refractivity contribution >= 4 is 6.16 Å². The van der Waals surface area contributed by atoms with Gasteiger partial charge in [0.05, 0.1) is 6.61 Å². The summed E-state index contributed by atoms with van der Waals surface area (Å²) in [5.74, 6) is 0.992. The number of carbonyl (C=O) groups excluding carboxylic acids is 1. The second-order valence-electron chi connectivity index (χ2n) is 10.9. The van der Waals surface area contributed by atoms with Gasteiger partial charge < -0.3 is 24.2 Å². The van der Waals surface area contributed by atoms with Crippen LogP contribution in [0.3, 0.4) is 0 Å². The molecule has 36 heavy (non-hydrogen) atoms. The van der Waals surface area contributed by atoms with Gasteiger partial charge in [0.25, 0.3) is 0 Å². The van der Waals surface area contributed by atoms with Crippen LogP contribution in [-0.2, 0) is 34.2 Å². The number of hydrogen-bond acceptors (Lipinski definition) is 6. The Morgan fingerprint density at radius 1 is 1.17 bits per heavy atom. The van der Waals surface area contributed by atoms with Gasteiger partial charge in [-0.3, -0.25) is 0 Å². The van der Waals surface area contributed by atoms with Crippen molar-refractivity contribution in [2.24, 2.45) is 5.92 Å². The Hall–Kier alpha value is -3.25. The van der Waals surface area contributed by atoms with E-state index in [-0.39, 0.29) is 23.2 Å². The van der Waals surface area contributed by atoms with Crippen LogP contribution in [0.15, 0.2) is 60.2 Å². The van der Waals surface area contributed by atoms with Crippen LogP contribution < -0.4 is 4.74 Å². The average molecular weight is 486 g/mol. The van der Waals surface area contributed by atoms with E-state index in [2.05, 4.69) is 48.4 Å². The molecule has 0 radical (unpaired) electrons. The van der Waals surface area contributed by atoms with Crippen LogP contribution in [0.25, 0.3) is 0 Å². The molecule has 186 valence electrons. The molecular formula is C30H31NO5. The molecular weight excluding hydrogens is 454 g/mol. The van der Waals surface area contributed by atoms with E-state index in [4.69, 9.17) is 14.2 Å². The summed E-state index contributed by atoms with van der Waals surface area (Å²) in [6.07, 6.45) is 9.19. The van der Waals surface area contributed by atoms with Crippen LogP contribution in [0.2, 0.25) is 0 Å². The van der Waals surface area contributed by atoms with Gasteiger partial charge in [-0.15, -0.1) is 0 Å². The predicted molar refractivity (Wildman–Crippen MR) is 134 cm³/mol. The molecule has 2 heterocycles. The van der Waals surface area contributed by atoms with E-state index in [0.29, 0.717) is 24.8 Å². The smallest absolute Gasteiger partial charge is 0.504 e. The van der Waals surface area contributed by atoms with Crippen LogP contribution >= 0.6 is 0 Å². The van der Waals surface area contributed by atoms with Crippen LogP contribution in [0, 0.1) is 5.92 Å². The first kappa shape index (κ1) is 22.0. The van der Waals surface area contributed by atoms with Crippen LogP contribution in [-0.4, -0.2) is 54.6 Å². The molecule has 1 saturated heterocycles. The molecule has 6 heteroatoms. The highest BCUT2D eigenvalue weighted by Crippen LogP contribution is 2.62. The fourth-order valence-electron chi connectivity index (χ4n) is 7.42. The van der Waals surface area contributed by atoms with Crippen LogP contribution in [0.5, 0.6) is 11.5 Å². The van der Waals surface area contributed by atoms with E-state index >= 15 is 0 Å². The maximum absolute atomic E-state index is 12.8. The van der Waals surface area contributed by atoms with E-state index in [1.54, 1.807) is 6.07 Å². The molecule has 6 nitrogen and oxygen atoms in total.